The first kappa shape index (κ1) is 15.2. The summed E-state index contributed by atoms with van der Waals surface area (Å²) < 4.78 is 10.3. The highest BCUT2D eigenvalue weighted by Gasteiger charge is 2.26. The molecule has 0 fully saturated rings. The summed E-state index contributed by atoms with van der Waals surface area (Å²) in [4.78, 5) is 10.7. The third-order valence-corrected chi connectivity index (χ3v) is 6.42. The highest BCUT2D eigenvalue weighted by atomic mass is 28.4. The summed E-state index contributed by atoms with van der Waals surface area (Å²) in [6, 6.07) is 0. The van der Waals surface area contributed by atoms with Crippen LogP contribution in [0.4, 0.5) is 0 Å². The van der Waals surface area contributed by atoms with Crippen molar-refractivity contribution in [2.75, 3.05) is 13.7 Å². The number of hydrogen-bond acceptors (Lipinski definition) is 3. The van der Waals surface area contributed by atoms with E-state index in [-0.39, 0.29) is 0 Å². The van der Waals surface area contributed by atoms with Gasteiger partial charge in [0, 0.05) is 18.9 Å². The molecule has 0 saturated carbocycles. The lowest BCUT2D eigenvalue weighted by atomic mass is 10.3. The van der Waals surface area contributed by atoms with Gasteiger partial charge in [0.2, 0.25) is 0 Å². The van der Waals surface area contributed by atoms with Crippen LogP contribution in [0.25, 0.3) is 0 Å². The van der Waals surface area contributed by atoms with Crippen molar-refractivity contribution >= 4 is 14.3 Å². The second-order valence-electron chi connectivity index (χ2n) is 4.50. The predicted octanol–water partition coefficient (Wildman–Crippen LogP) is 2.57. The minimum Gasteiger partial charge on any atom is -0.459 e. The van der Waals surface area contributed by atoms with Crippen LogP contribution in [0.3, 0.4) is 0 Å². The second-order valence-corrected chi connectivity index (χ2v) is 9.15. The van der Waals surface area contributed by atoms with Gasteiger partial charge in [-0.2, -0.15) is 0 Å². The van der Waals surface area contributed by atoms with Crippen molar-refractivity contribution in [2.24, 2.45) is 0 Å². The molecule has 0 spiro atoms. The van der Waals surface area contributed by atoms with Gasteiger partial charge in [-0.05, 0) is 25.1 Å². The molecule has 0 aliphatic carbocycles. The Morgan fingerprint density at radius 3 is 2.50 bits per heavy atom. The Labute approximate surface area is 99.6 Å². The van der Waals surface area contributed by atoms with E-state index in [1.807, 2.05) is 0 Å². The number of hydrogen-bond donors (Lipinski definition) is 0. The number of rotatable bonds is 5. The first-order valence-electron chi connectivity index (χ1n) is 5.61. The third kappa shape index (κ3) is 6.65. The summed E-state index contributed by atoms with van der Waals surface area (Å²) in [5.74, 6) is 4.69. The second kappa shape index (κ2) is 7.48. The summed E-state index contributed by atoms with van der Waals surface area (Å²) in [6.45, 7) is 9.56. The van der Waals surface area contributed by atoms with Gasteiger partial charge in [-0.1, -0.05) is 19.8 Å². The zero-order chi connectivity index (χ0) is 12.6. The van der Waals surface area contributed by atoms with Crippen LogP contribution in [0.2, 0.25) is 18.6 Å². The first-order chi connectivity index (χ1) is 7.40. The Balaban J connectivity index is 3.68. The zero-order valence-electron chi connectivity index (χ0n) is 10.9. The summed E-state index contributed by atoms with van der Waals surface area (Å²) in [6.07, 6.45) is 1.55. The molecule has 0 N–H and O–H groups in total. The first-order valence-corrected chi connectivity index (χ1v) is 8.59. The van der Waals surface area contributed by atoms with Crippen LogP contribution in [-0.4, -0.2) is 28.0 Å². The summed E-state index contributed by atoms with van der Waals surface area (Å²) in [7, 11) is -0.179. The monoisotopic (exact) mass is 242 g/mol. The molecule has 0 aromatic rings. The van der Waals surface area contributed by atoms with Crippen LogP contribution in [-0.2, 0) is 14.0 Å². The van der Waals surface area contributed by atoms with Gasteiger partial charge in [-0.3, -0.25) is 0 Å². The van der Waals surface area contributed by atoms with Gasteiger partial charge >= 0.3 is 5.97 Å². The molecular formula is C12H22O3Si. The lowest BCUT2D eigenvalue weighted by molar-refractivity contribution is -0.133. The fraction of sp³-hybridized carbons (Fsp3) is 0.750. The molecule has 0 aromatic heterocycles. The van der Waals surface area contributed by atoms with Crippen LogP contribution in [0.5, 0.6) is 0 Å². The van der Waals surface area contributed by atoms with Crippen molar-refractivity contribution < 1.29 is 14.0 Å². The molecule has 0 amide bonds. The number of unbranched alkanes of at least 4 members (excludes halogenated alkanes) is 1. The van der Waals surface area contributed by atoms with E-state index >= 15 is 0 Å². The van der Waals surface area contributed by atoms with Gasteiger partial charge in [-0.25, -0.2) is 4.79 Å². The van der Waals surface area contributed by atoms with Crippen molar-refractivity contribution in [1.29, 1.82) is 0 Å². The number of carbonyl (C=O) groups is 1. The van der Waals surface area contributed by atoms with Crippen molar-refractivity contribution in [2.45, 2.75) is 45.3 Å². The van der Waals surface area contributed by atoms with Gasteiger partial charge in [0.05, 0.1) is 7.11 Å². The maximum Gasteiger partial charge on any atom is 0.384 e. The Bertz CT molecular complexity index is 274. The van der Waals surface area contributed by atoms with E-state index in [9.17, 15) is 4.79 Å². The molecular weight excluding hydrogens is 220 g/mol. The smallest absolute Gasteiger partial charge is 0.384 e. The van der Waals surface area contributed by atoms with E-state index in [1.165, 1.54) is 7.11 Å². The lowest BCUT2D eigenvalue weighted by Crippen LogP contribution is -2.34. The molecule has 0 bridgehead atoms. The molecule has 4 heteroatoms. The van der Waals surface area contributed by atoms with E-state index in [1.54, 1.807) is 0 Å². The molecule has 16 heavy (non-hydrogen) atoms. The molecule has 0 atom stereocenters. The summed E-state index contributed by atoms with van der Waals surface area (Å²) in [5, 5.41) is 0. The average Bonchev–Trinajstić information content (AvgIpc) is 2.22. The van der Waals surface area contributed by atoms with Crippen LogP contribution in [0, 0.1) is 11.8 Å². The summed E-state index contributed by atoms with van der Waals surface area (Å²) >= 11 is 0. The van der Waals surface area contributed by atoms with Gasteiger partial charge in [0.15, 0.2) is 8.32 Å². The van der Waals surface area contributed by atoms with Gasteiger partial charge < -0.3 is 9.16 Å². The molecule has 0 radical (unpaired) electrons. The largest absolute Gasteiger partial charge is 0.459 e. The Kier molecular flexibility index (Phi) is 7.10. The number of esters is 1. The minimum atomic E-state index is -1.51. The SMILES string of the molecule is COC(=O)C#CCCCO[Si](C)(C)C(C)C. The maximum atomic E-state index is 10.7. The number of methoxy groups -OCH3 is 1. The van der Waals surface area contributed by atoms with E-state index in [2.05, 4.69) is 43.5 Å². The van der Waals surface area contributed by atoms with Crippen molar-refractivity contribution in [1.82, 2.24) is 0 Å². The fourth-order valence-electron chi connectivity index (χ4n) is 0.848. The van der Waals surface area contributed by atoms with Crippen LogP contribution >= 0.6 is 0 Å². The molecule has 0 saturated heterocycles. The third-order valence-electron chi connectivity index (χ3n) is 2.69. The average molecular weight is 242 g/mol. The van der Waals surface area contributed by atoms with E-state index < -0.39 is 14.3 Å². The normalized spacial score (nSPS) is 10.9. The van der Waals surface area contributed by atoms with Crippen molar-refractivity contribution in [3.8, 4) is 11.8 Å². The highest BCUT2D eigenvalue weighted by Crippen LogP contribution is 2.21. The van der Waals surface area contributed by atoms with Gasteiger partial charge in [0.25, 0.3) is 0 Å². The van der Waals surface area contributed by atoms with Crippen molar-refractivity contribution in [3.05, 3.63) is 0 Å². The topological polar surface area (TPSA) is 35.5 Å². The number of ether oxygens (including phenoxy) is 1. The molecule has 0 rings (SSSR count). The molecule has 3 nitrogen and oxygen atoms in total. The minimum absolute atomic E-state index is 0.474. The Hall–Kier alpha value is -0.793. The fourth-order valence-corrected chi connectivity index (χ4v) is 1.85. The standard InChI is InChI=1S/C12H22O3Si/c1-11(2)16(4,5)15-10-8-6-7-9-12(13)14-3/h11H,6,8,10H2,1-5H3. The van der Waals surface area contributed by atoms with E-state index in [4.69, 9.17) is 4.43 Å². The predicted molar refractivity (Wildman–Crippen MR) is 67.6 cm³/mol. The van der Waals surface area contributed by atoms with Crippen LogP contribution in [0.1, 0.15) is 26.7 Å². The Morgan fingerprint density at radius 2 is 2.00 bits per heavy atom. The van der Waals surface area contributed by atoms with E-state index in [0.717, 1.165) is 13.0 Å². The maximum absolute atomic E-state index is 10.7. The van der Waals surface area contributed by atoms with Crippen LogP contribution < -0.4 is 0 Å². The lowest BCUT2D eigenvalue weighted by Gasteiger charge is -2.26. The molecule has 0 heterocycles. The molecule has 0 aromatic carbocycles. The quantitative estimate of drug-likeness (QED) is 0.244. The van der Waals surface area contributed by atoms with Crippen LogP contribution in [0.15, 0.2) is 0 Å². The molecule has 0 unspecified atom stereocenters. The van der Waals surface area contributed by atoms with Crippen molar-refractivity contribution in [3.63, 3.8) is 0 Å². The van der Waals surface area contributed by atoms with Gasteiger partial charge in [0.1, 0.15) is 0 Å². The molecule has 92 valence electrons. The summed E-state index contributed by atoms with van der Waals surface area (Å²) in [5.41, 5.74) is 0.619. The zero-order valence-corrected chi connectivity index (χ0v) is 11.9. The molecule has 0 aliphatic heterocycles. The number of carbonyl (C=O) groups excluding carboxylic acids is 1. The molecule has 0 aliphatic rings. The highest BCUT2D eigenvalue weighted by molar-refractivity contribution is 6.72. The Morgan fingerprint density at radius 1 is 1.38 bits per heavy atom. The van der Waals surface area contributed by atoms with E-state index in [0.29, 0.717) is 12.0 Å². The van der Waals surface area contributed by atoms with Gasteiger partial charge in [-0.15, -0.1) is 0 Å².